The molecule has 2 rings (SSSR count). The summed E-state index contributed by atoms with van der Waals surface area (Å²) in [5.74, 6) is -1.07. The minimum absolute atomic E-state index is 0.0131. The Kier molecular flexibility index (Phi) is 4.47. The number of benzene rings is 2. The van der Waals surface area contributed by atoms with E-state index in [0.29, 0.717) is 11.3 Å². The van der Waals surface area contributed by atoms with Gasteiger partial charge in [-0.05, 0) is 35.9 Å². The predicted octanol–water partition coefficient (Wildman–Crippen LogP) is 4.07. The number of carbonyl (C=O) groups is 1. The fourth-order valence-electron chi connectivity index (χ4n) is 1.52. The first-order chi connectivity index (χ1) is 9.47. The second-order valence-corrected chi connectivity index (χ2v) is 4.88. The number of nitrogens with two attached hydrogens (primary N) is 1. The molecule has 20 heavy (non-hydrogen) atoms. The van der Waals surface area contributed by atoms with Gasteiger partial charge in [-0.3, -0.25) is 0 Å². The highest BCUT2D eigenvalue weighted by Crippen LogP contribution is 2.21. The van der Waals surface area contributed by atoms with Gasteiger partial charge in [0.2, 0.25) is 0 Å². The van der Waals surface area contributed by atoms with E-state index in [0.717, 1.165) is 0 Å². The predicted molar refractivity (Wildman–Crippen MR) is 76.4 cm³/mol. The highest BCUT2D eigenvalue weighted by molar-refractivity contribution is 6.33. The highest BCUT2D eigenvalue weighted by atomic mass is 35.5. The van der Waals surface area contributed by atoms with Crippen LogP contribution < -0.4 is 5.73 Å². The second-order valence-electron chi connectivity index (χ2n) is 4.06. The summed E-state index contributed by atoms with van der Waals surface area (Å²) in [7, 11) is 0. The van der Waals surface area contributed by atoms with Crippen LogP contribution in [0, 0.1) is 5.82 Å². The van der Waals surface area contributed by atoms with Gasteiger partial charge in [-0.25, -0.2) is 9.18 Å². The minimum Gasteiger partial charge on any atom is -0.457 e. The molecular weight excluding hydrogens is 304 g/mol. The van der Waals surface area contributed by atoms with E-state index in [1.165, 1.54) is 36.4 Å². The summed E-state index contributed by atoms with van der Waals surface area (Å²) in [4.78, 5) is 11.8. The van der Waals surface area contributed by atoms with Crippen LogP contribution in [0.1, 0.15) is 15.9 Å². The number of ether oxygens (including phenoxy) is 1. The number of halogens is 3. The van der Waals surface area contributed by atoms with E-state index < -0.39 is 11.8 Å². The molecule has 0 atom stereocenters. The highest BCUT2D eigenvalue weighted by Gasteiger charge is 2.10. The molecule has 0 aliphatic heterocycles. The Morgan fingerprint density at radius 1 is 1.15 bits per heavy atom. The van der Waals surface area contributed by atoms with Crippen molar-refractivity contribution in [1.82, 2.24) is 0 Å². The summed E-state index contributed by atoms with van der Waals surface area (Å²) < 4.78 is 18.1. The van der Waals surface area contributed by atoms with Crippen molar-refractivity contribution in [2.75, 3.05) is 5.73 Å². The molecule has 2 aromatic carbocycles. The molecule has 0 unspecified atom stereocenters. The summed E-state index contributed by atoms with van der Waals surface area (Å²) >= 11 is 11.5. The largest absolute Gasteiger partial charge is 0.457 e. The Morgan fingerprint density at radius 3 is 2.55 bits per heavy atom. The first kappa shape index (κ1) is 14.6. The van der Waals surface area contributed by atoms with Gasteiger partial charge in [0.1, 0.15) is 12.4 Å². The van der Waals surface area contributed by atoms with Gasteiger partial charge in [0.25, 0.3) is 0 Å². The van der Waals surface area contributed by atoms with E-state index in [4.69, 9.17) is 33.7 Å². The van der Waals surface area contributed by atoms with Crippen molar-refractivity contribution in [2.24, 2.45) is 0 Å². The summed E-state index contributed by atoms with van der Waals surface area (Å²) in [6.45, 7) is -0.0131. The Balaban J connectivity index is 2.04. The Bertz CT molecular complexity index is 662. The number of esters is 1. The van der Waals surface area contributed by atoms with E-state index in [1.54, 1.807) is 0 Å². The van der Waals surface area contributed by atoms with Crippen LogP contribution >= 0.6 is 23.2 Å². The maximum absolute atomic E-state index is 13.0. The van der Waals surface area contributed by atoms with Crippen LogP contribution in [-0.2, 0) is 11.3 Å². The van der Waals surface area contributed by atoms with Crippen molar-refractivity contribution in [2.45, 2.75) is 6.61 Å². The Morgan fingerprint density at radius 2 is 1.90 bits per heavy atom. The van der Waals surface area contributed by atoms with Gasteiger partial charge < -0.3 is 10.5 Å². The van der Waals surface area contributed by atoms with Crippen molar-refractivity contribution < 1.29 is 13.9 Å². The normalized spacial score (nSPS) is 10.3. The third kappa shape index (κ3) is 3.40. The SMILES string of the molecule is Nc1ccc(C(=O)OCc2ccc(F)c(Cl)c2)cc1Cl. The fourth-order valence-corrected chi connectivity index (χ4v) is 1.90. The molecule has 0 aliphatic rings. The zero-order chi connectivity index (χ0) is 14.7. The molecular formula is C14H10Cl2FNO2. The molecule has 104 valence electrons. The molecule has 2 N–H and O–H groups in total. The smallest absolute Gasteiger partial charge is 0.338 e. The van der Waals surface area contributed by atoms with Crippen molar-refractivity contribution in [3.63, 3.8) is 0 Å². The fraction of sp³-hybridized carbons (Fsp3) is 0.0714. The average Bonchev–Trinajstić information content (AvgIpc) is 2.43. The molecule has 0 amide bonds. The molecule has 0 heterocycles. The maximum Gasteiger partial charge on any atom is 0.338 e. The lowest BCUT2D eigenvalue weighted by molar-refractivity contribution is 0.0472. The number of nitrogen functional groups attached to an aromatic ring is 1. The lowest BCUT2D eigenvalue weighted by Crippen LogP contribution is -2.05. The second kappa shape index (κ2) is 6.11. The van der Waals surface area contributed by atoms with Crippen LogP contribution in [0.2, 0.25) is 10.0 Å². The zero-order valence-corrected chi connectivity index (χ0v) is 11.7. The lowest BCUT2D eigenvalue weighted by Gasteiger charge is -2.07. The van der Waals surface area contributed by atoms with Gasteiger partial charge in [0, 0.05) is 0 Å². The van der Waals surface area contributed by atoms with Crippen LogP contribution in [0.4, 0.5) is 10.1 Å². The monoisotopic (exact) mass is 313 g/mol. The molecule has 0 bridgehead atoms. The van der Waals surface area contributed by atoms with Crippen molar-refractivity contribution in [1.29, 1.82) is 0 Å². The quantitative estimate of drug-likeness (QED) is 0.686. The number of rotatable bonds is 3. The molecule has 0 spiro atoms. The molecule has 0 aromatic heterocycles. The summed E-state index contributed by atoms with van der Waals surface area (Å²) in [5, 5.41) is 0.262. The van der Waals surface area contributed by atoms with E-state index in [1.807, 2.05) is 0 Å². The lowest BCUT2D eigenvalue weighted by atomic mass is 10.2. The van der Waals surface area contributed by atoms with Gasteiger partial charge in [-0.15, -0.1) is 0 Å². The van der Waals surface area contributed by atoms with Crippen LogP contribution in [0.3, 0.4) is 0 Å². The van der Waals surface area contributed by atoms with Crippen molar-refractivity contribution in [3.05, 3.63) is 63.4 Å². The maximum atomic E-state index is 13.0. The topological polar surface area (TPSA) is 52.3 Å². The van der Waals surface area contributed by atoms with Gasteiger partial charge in [0.05, 0.1) is 21.3 Å². The summed E-state index contributed by atoms with van der Waals surface area (Å²) in [6, 6.07) is 8.57. The summed E-state index contributed by atoms with van der Waals surface area (Å²) in [5.41, 5.74) is 6.81. The van der Waals surface area contributed by atoms with Gasteiger partial charge >= 0.3 is 5.97 Å². The van der Waals surface area contributed by atoms with E-state index >= 15 is 0 Å². The van der Waals surface area contributed by atoms with Gasteiger partial charge in [-0.1, -0.05) is 29.3 Å². The van der Waals surface area contributed by atoms with Crippen molar-refractivity contribution in [3.8, 4) is 0 Å². The number of anilines is 1. The first-order valence-corrected chi connectivity index (χ1v) is 6.39. The van der Waals surface area contributed by atoms with E-state index in [9.17, 15) is 9.18 Å². The molecule has 6 heteroatoms. The zero-order valence-electron chi connectivity index (χ0n) is 10.2. The van der Waals surface area contributed by atoms with Crippen LogP contribution in [0.5, 0.6) is 0 Å². The van der Waals surface area contributed by atoms with E-state index in [-0.39, 0.29) is 22.2 Å². The van der Waals surface area contributed by atoms with Crippen LogP contribution in [-0.4, -0.2) is 5.97 Å². The standard InChI is InChI=1S/C14H10Cl2FNO2/c15-10-5-8(1-3-12(10)17)7-20-14(19)9-2-4-13(18)11(16)6-9/h1-6H,7,18H2. The Hall–Kier alpha value is -1.78. The molecule has 0 fully saturated rings. The molecule has 2 aromatic rings. The summed E-state index contributed by atoms with van der Waals surface area (Å²) in [6.07, 6.45) is 0. The first-order valence-electron chi connectivity index (χ1n) is 5.63. The molecule has 3 nitrogen and oxygen atoms in total. The minimum atomic E-state index is -0.549. The van der Waals surface area contributed by atoms with Crippen LogP contribution in [0.15, 0.2) is 36.4 Å². The van der Waals surface area contributed by atoms with Gasteiger partial charge in [-0.2, -0.15) is 0 Å². The van der Waals surface area contributed by atoms with Crippen molar-refractivity contribution >= 4 is 34.9 Å². The third-order valence-electron chi connectivity index (χ3n) is 2.59. The third-order valence-corrected chi connectivity index (χ3v) is 3.21. The van der Waals surface area contributed by atoms with E-state index in [2.05, 4.69) is 0 Å². The average molecular weight is 314 g/mol. The molecule has 0 radical (unpaired) electrons. The van der Waals surface area contributed by atoms with Gasteiger partial charge in [0.15, 0.2) is 0 Å². The molecule has 0 aliphatic carbocycles. The molecule has 0 saturated carbocycles. The number of hydrogen-bond acceptors (Lipinski definition) is 3. The molecule has 0 saturated heterocycles. The number of carbonyl (C=O) groups excluding carboxylic acids is 1. The number of hydrogen-bond donors (Lipinski definition) is 1. The Labute approximate surface area is 125 Å². The van der Waals surface area contributed by atoms with Crippen LogP contribution in [0.25, 0.3) is 0 Å².